The van der Waals surface area contributed by atoms with Crippen molar-refractivity contribution >= 4 is 40.8 Å². The molecular formula is C27H29NO11. The fourth-order valence-electron chi connectivity index (χ4n) is 6.67. The van der Waals surface area contributed by atoms with Gasteiger partial charge in [0, 0.05) is 31.3 Å². The highest BCUT2D eigenvalue weighted by Crippen LogP contribution is 2.57. The Labute approximate surface area is 222 Å². The molecule has 4 rings (SSSR count). The standard InChI is InChI=1S/C27H29NO11/c1-2-6-39-10-14-12-4-3-5-16(30)20(12)23(34)22-19(14)13(7-11(29)8-18(32)33)15-9-17(31)21(26(28)37)24(35)27(15,38)25(22)36/h3-5,13-15,19,21-22,30,38H,2,6-10H2,1H3,(H2,28,37)(H,32,33)/t13-,14+,15-,19-,21?,22?,27-/m1/s1. The predicted molar refractivity (Wildman–Crippen MR) is 129 cm³/mol. The molecule has 2 fully saturated rings. The van der Waals surface area contributed by atoms with E-state index in [4.69, 9.17) is 15.6 Å². The molecule has 1 aromatic rings. The number of carboxylic acid groups (broad SMARTS) is 1. The molecule has 39 heavy (non-hydrogen) atoms. The van der Waals surface area contributed by atoms with E-state index >= 15 is 0 Å². The summed E-state index contributed by atoms with van der Waals surface area (Å²) >= 11 is 0. The van der Waals surface area contributed by atoms with E-state index in [-0.39, 0.29) is 12.2 Å². The van der Waals surface area contributed by atoms with Gasteiger partial charge >= 0.3 is 5.97 Å². The third-order valence-corrected chi connectivity index (χ3v) is 8.18. The van der Waals surface area contributed by atoms with Crippen LogP contribution in [0, 0.1) is 29.6 Å². The number of benzene rings is 1. The van der Waals surface area contributed by atoms with Crippen LogP contribution in [0.5, 0.6) is 5.75 Å². The number of aliphatic carboxylic acids is 1. The number of primary amides is 1. The minimum absolute atomic E-state index is 0.0629. The zero-order valence-electron chi connectivity index (χ0n) is 21.1. The van der Waals surface area contributed by atoms with Crippen LogP contribution in [0.25, 0.3) is 0 Å². The zero-order chi connectivity index (χ0) is 28.8. The number of fused-ring (bicyclic) bond motifs is 3. The highest BCUT2D eigenvalue weighted by molar-refractivity contribution is 6.31. The predicted octanol–water partition coefficient (Wildman–Crippen LogP) is -0.0454. The maximum atomic E-state index is 14.0. The fraction of sp³-hybridized carbons (Fsp3) is 0.519. The van der Waals surface area contributed by atoms with Gasteiger partial charge < -0.3 is 25.8 Å². The van der Waals surface area contributed by atoms with Gasteiger partial charge in [-0.05, 0) is 29.9 Å². The second kappa shape index (κ2) is 10.4. The third-order valence-electron chi connectivity index (χ3n) is 8.18. The van der Waals surface area contributed by atoms with E-state index < -0.39 is 107 Å². The molecule has 0 aliphatic heterocycles. The molecule has 208 valence electrons. The molecule has 0 heterocycles. The van der Waals surface area contributed by atoms with E-state index in [1.54, 1.807) is 6.07 Å². The van der Waals surface area contributed by atoms with Crippen molar-refractivity contribution in [2.75, 3.05) is 13.2 Å². The fourth-order valence-corrected chi connectivity index (χ4v) is 6.67. The summed E-state index contributed by atoms with van der Waals surface area (Å²) in [5, 5.41) is 31.4. The van der Waals surface area contributed by atoms with Gasteiger partial charge in [0.2, 0.25) is 5.91 Å². The van der Waals surface area contributed by atoms with Gasteiger partial charge in [0.25, 0.3) is 0 Å². The number of amides is 1. The Morgan fingerprint density at radius 1 is 1.13 bits per heavy atom. The Bertz CT molecular complexity index is 1290. The molecule has 1 amide bonds. The molecule has 0 aromatic heterocycles. The van der Waals surface area contributed by atoms with E-state index in [0.29, 0.717) is 18.6 Å². The average molecular weight is 544 g/mol. The Morgan fingerprint density at radius 3 is 2.44 bits per heavy atom. The van der Waals surface area contributed by atoms with Crippen molar-refractivity contribution in [1.82, 2.24) is 0 Å². The van der Waals surface area contributed by atoms with E-state index in [1.807, 2.05) is 6.92 Å². The molecule has 12 nitrogen and oxygen atoms in total. The van der Waals surface area contributed by atoms with Crippen LogP contribution < -0.4 is 5.73 Å². The highest BCUT2D eigenvalue weighted by Gasteiger charge is 2.70. The third kappa shape index (κ3) is 4.47. The minimum Gasteiger partial charge on any atom is -0.507 e. The Morgan fingerprint density at radius 2 is 1.82 bits per heavy atom. The summed E-state index contributed by atoms with van der Waals surface area (Å²) in [4.78, 5) is 90.0. The number of ether oxygens (including phenoxy) is 1. The molecule has 0 bridgehead atoms. The molecule has 1 aromatic carbocycles. The number of Topliss-reactive ketones (excluding diaryl/α,β-unsaturated/α-hetero) is 5. The smallest absolute Gasteiger partial charge is 0.310 e. The SMILES string of the molecule is CCCOC[C@H]1c2cccc(O)c2C(=O)C2C(=O)[C@]3(O)C(=O)C(C(N)=O)C(=O)C[C@@H]3[C@@H](CC(=O)CC(=O)O)[C@@H]21. The Kier molecular flexibility index (Phi) is 7.55. The van der Waals surface area contributed by atoms with Crippen molar-refractivity contribution in [2.24, 2.45) is 35.3 Å². The number of hydrogen-bond donors (Lipinski definition) is 4. The molecule has 2 unspecified atom stereocenters. The average Bonchev–Trinajstić information content (AvgIpc) is 2.84. The van der Waals surface area contributed by atoms with E-state index in [1.165, 1.54) is 12.1 Å². The van der Waals surface area contributed by atoms with Crippen molar-refractivity contribution in [2.45, 2.75) is 44.1 Å². The van der Waals surface area contributed by atoms with Crippen molar-refractivity contribution < 1.29 is 53.6 Å². The quantitative estimate of drug-likeness (QED) is 0.239. The monoisotopic (exact) mass is 543 g/mol. The number of rotatable bonds is 9. The largest absolute Gasteiger partial charge is 0.507 e. The second-order valence-electron chi connectivity index (χ2n) is 10.4. The topological polar surface area (TPSA) is 215 Å². The molecule has 3 aliphatic carbocycles. The Hall–Kier alpha value is -3.77. The first-order valence-corrected chi connectivity index (χ1v) is 12.7. The minimum atomic E-state index is -3.00. The summed E-state index contributed by atoms with van der Waals surface area (Å²) in [6.07, 6.45) is -1.51. The normalized spacial score (nSPS) is 31.7. The van der Waals surface area contributed by atoms with Crippen molar-refractivity contribution in [1.29, 1.82) is 0 Å². The van der Waals surface area contributed by atoms with E-state index in [2.05, 4.69) is 0 Å². The van der Waals surface area contributed by atoms with Gasteiger partial charge in [0.15, 0.2) is 34.7 Å². The van der Waals surface area contributed by atoms with Crippen LogP contribution in [0.3, 0.4) is 0 Å². The number of aliphatic hydroxyl groups is 1. The number of phenolic OH excluding ortho intramolecular Hbond substituents is 1. The van der Waals surface area contributed by atoms with Gasteiger partial charge in [0.1, 0.15) is 18.0 Å². The molecule has 0 spiro atoms. The first-order valence-electron chi connectivity index (χ1n) is 12.7. The van der Waals surface area contributed by atoms with Crippen molar-refractivity contribution in [3.05, 3.63) is 29.3 Å². The molecular weight excluding hydrogens is 514 g/mol. The molecule has 5 N–H and O–H groups in total. The van der Waals surface area contributed by atoms with Crippen LogP contribution in [0.2, 0.25) is 0 Å². The summed E-state index contributed by atoms with van der Waals surface area (Å²) < 4.78 is 5.77. The number of phenols is 1. The lowest BCUT2D eigenvalue weighted by Crippen LogP contribution is -2.71. The van der Waals surface area contributed by atoms with Gasteiger partial charge in [0.05, 0.1) is 18.1 Å². The molecule has 2 saturated carbocycles. The number of carbonyl (C=O) groups is 7. The Balaban J connectivity index is 1.94. The van der Waals surface area contributed by atoms with Gasteiger partial charge in [-0.1, -0.05) is 19.1 Å². The lowest BCUT2D eigenvalue weighted by Gasteiger charge is -2.55. The lowest BCUT2D eigenvalue weighted by molar-refractivity contribution is -0.184. The van der Waals surface area contributed by atoms with E-state index in [9.17, 15) is 43.8 Å². The van der Waals surface area contributed by atoms with Crippen molar-refractivity contribution in [3.63, 3.8) is 0 Å². The van der Waals surface area contributed by atoms with E-state index in [0.717, 1.165) is 0 Å². The van der Waals surface area contributed by atoms with Crippen molar-refractivity contribution in [3.8, 4) is 5.75 Å². The maximum Gasteiger partial charge on any atom is 0.310 e. The number of carboxylic acids is 1. The summed E-state index contributed by atoms with van der Waals surface area (Å²) in [6, 6.07) is 4.30. The lowest BCUT2D eigenvalue weighted by atomic mass is 9.47. The van der Waals surface area contributed by atoms with Crippen LogP contribution in [-0.4, -0.2) is 74.9 Å². The highest BCUT2D eigenvalue weighted by atomic mass is 16.5. The first kappa shape index (κ1) is 28.2. The second-order valence-corrected chi connectivity index (χ2v) is 10.4. The number of nitrogens with two attached hydrogens (primary N) is 1. The van der Waals surface area contributed by atoms with Gasteiger partial charge in [-0.2, -0.15) is 0 Å². The van der Waals surface area contributed by atoms with Crippen LogP contribution in [0.4, 0.5) is 0 Å². The van der Waals surface area contributed by atoms with Gasteiger partial charge in [-0.15, -0.1) is 0 Å². The molecule has 0 saturated heterocycles. The van der Waals surface area contributed by atoms with Gasteiger partial charge in [-0.3, -0.25) is 33.6 Å². The van der Waals surface area contributed by atoms with Crippen LogP contribution in [0.15, 0.2) is 18.2 Å². The summed E-state index contributed by atoms with van der Waals surface area (Å²) in [5.41, 5.74) is 2.37. The summed E-state index contributed by atoms with van der Waals surface area (Å²) in [6.45, 7) is 2.10. The van der Waals surface area contributed by atoms with Crippen LogP contribution >= 0.6 is 0 Å². The first-order chi connectivity index (χ1) is 18.4. The number of aromatic hydroxyl groups is 1. The molecule has 7 atom stereocenters. The molecule has 0 radical (unpaired) electrons. The number of carbonyl (C=O) groups excluding carboxylic acids is 6. The molecule has 3 aliphatic rings. The van der Waals surface area contributed by atoms with Gasteiger partial charge in [-0.25, -0.2) is 0 Å². The maximum absolute atomic E-state index is 14.0. The zero-order valence-corrected chi connectivity index (χ0v) is 21.1. The summed E-state index contributed by atoms with van der Waals surface area (Å²) in [7, 11) is 0. The van der Waals surface area contributed by atoms with Crippen LogP contribution in [-0.2, 0) is 33.5 Å². The number of hydrogen-bond acceptors (Lipinski definition) is 10. The van der Waals surface area contributed by atoms with Crippen LogP contribution in [0.1, 0.15) is 54.4 Å². The summed E-state index contributed by atoms with van der Waals surface area (Å²) in [5.74, 6) is -17.0. The molecule has 12 heteroatoms. The number of ketones is 5.